The molecule has 0 aromatic heterocycles. The molecule has 0 N–H and O–H groups in total. The Bertz CT molecular complexity index is 252. The molecule has 0 bridgehead atoms. The Hall–Kier alpha value is -0.820. The Kier molecular flexibility index (Phi) is 8.79. The van der Waals surface area contributed by atoms with Gasteiger partial charge in [-0.1, -0.05) is 37.6 Å². The van der Waals surface area contributed by atoms with Crippen LogP contribution in [0.4, 0.5) is 0 Å². The summed E-state index contributed by atoms with van der Waals surface area (Å²) in [6.07, 6.45) is 9.08. The van der Waals surface area contributed by atoms with Gasteiger partial charge >= 0.3 is 0 Å². The zero-order chi connectivity index (χ0) is 13.3. The molecule has 1 heteroatoms. The van der Waals surface area contributed by atoms with E-state index in [1.165, 1.54) is 25.1 Å². The first-order chi connectivity index (χ1) is 8.13. The van der Waals surface area contributed by atoms with Crippen molar-refractivity contribution in [2.24, 2.45) is 11.8 Å². The lowest BCUT2D eigenvalue weighted by atomic mass is 9.91. The summed E-state index contributed by atoms with van der Waals surface area (Å²) in [6, 6.07) is 0. The average Bonchev–Trinajstić information content (AvgIpc) is 2.60. The van der Waals surface area contributed by atoms with Crippen LogP contribution in [0.25, 0.3) is 0 Å². The van der Waals surface area contributed by atoms with Crippen LogP contribution in [0.2, 0.25) is 0 Å². The average molecular weight is 235 g/mol. The maximum atomic E-state index is 3.00. The molecule has 2 atom stereocenters. The van der Waals surface area contributed by atoms with Crippen molar-refractivity contribution in [2.75, 3.05) is 20.1 Å². The number of hydrogen-bond donors (Lipinski definition) is 0. The van der Waals surface area contributed by atoms with Crippen molar-refractivity contribution < 1.29 is 0 Å². The Labute approximate surface area is 108 Å². The minimum absolute atomic E-state index is 0.855. The predicted molar refractivity (Wildman–Crippen MR) is 79.2 cm³/mol. The molecule has 1 aliphatic heterocycles. The summed E-state index contributed by atoms with van der Waals surface area (Å²) in [5.74, 6) is 1.72. The molecule has 0 aliphatic carbocycles. The monoisotopic (exact) mass is 235 g/mol. The molecule has 1 nitrogen and oxygen atoms in total. The second-order valence-corrected chi connectivity index (χ2v) is 5.01. The molecule has 1 unspecified atom stereocenters. The first-order valence-electron chi connectivity index (χ1n) is 6.64. The standard InChI is InChI=1S/C14H25N.C2H4/c1-5-6-7-8-12(2)9-14-11-15(4)10-13(14)3;1-2/h6-8,13-14H,5,9-11H2,1-4H3;1-2H2/b7-6-,12-8+;/t13-,14?;/m1./s1. The van der Waals surface area contributed by atoms with E-state index in [-0.39, 0.29) is 0 Å². The van der Waals surface area contributed by atoms with E-state index >= 15 is 0 Å². The molecule has 0 radical (unpaired) electrons. The van der Waals surface area contributed by atoms with Gasteiger partial charge in [-0.15, -0.1) is 13.2 Å². The van der Waals surface area contributed by atoms with E-state index in [9.17, 15) is 0 Å². The number of hydrogen-bond acceptors (Lipinski definition) is 1. The molecular weight excluding hydrogens is 206 g/mol. The van der Waals surface area contributed by atoms with Crippen molar-refractivity contribution in [3.63, 3.8) is 0 Å². The number of rotatable bonds is 4. The zero-order valence-electron chi connectivity index (χ0n) is 12.1. The second kappa shape index (κ2) is 9.23. The minimum atomic E-state index is 0.855. The smallest absolute Gasteiger partial charge is 0.00128 e. The summed E-state index contributed by atoms with van der Waals surface area (Å²) in [4.78, 5) is 2.45. The van der Waals surface area contributed by atoms with Gasteiger partial charge in [0.05, 0.1) is 0 Å². The highest BCUT2D eigenvalue weighted by atomic mass is 15.1. The summed E-state index contributed by atoms with van der Waals surface area (Å²) < 4.78 is 0. The fourth-order valence-electron chi connectivity index (χ4n) is 2.41. The molecule has 1 saturated heterocycles. The van der Waals surface area contributed by atoms with Gasteiger partial charge in [0, 0.05) is 13.1 Å². The molecule has 0 aromatic rings. The van der Waals surface area contributed by atoms with E-state index in [4.69, 9.17) is 0 Å². The Morgan fingerprint density at radius 3 is 2.47 bits per heavy atom. The van der Waals surface area contributed by atoms with Crippen LogP contribution >= 0.6 is 0 Å². The van der Waals surface area contributed by atoms with Crippen molar-refractivity contribution >= 4 is 0 Å². The fourth-order valence-corrected chi connectivity index (χ4v) is 2.41. The Morgan fingerprint density at radius 2 is 2.00 bits per heavy atom. The van der Waals surface area contributed by atoms with E-state index in [1.807, 2.05) is 0 Å². The first-order valence-corrected chi connectivity index (χ1v) is 6.64. The first kappa shape index (κ1) is 16.2. The Balaban J connectivity index is 0.00000121. The lowest BCUT2D eigenvalue weighted by molar-refractivity contribution is 0.394. The van der Waals surface area contributed by atoms with Crippen molar-refractivity contribution in [1.82, 2.24) is 4.90 Å². The summed E-state index contributed by atoms with van der Waals surface area (Å²) in [6.45, 7) is 15.3. The topological polar surface area (TPSA) is 3.24 Å². The third kappa shape index (κ3) is 6.48. The molecule has 1 heterocycles. The minimum Gasteiger partial charge on any atom is -0.306 e. The molecule has 1 fully saturated rings. The van der Waals surface area contributed by atoms with Crippen LogP contribution in [0.15, 0.2) is 37.0 Å². The highest BCUT2D eigenvalue weighted by Crippen LogP contribution is 2.27. The number of nitrogens with zero attached hydrogens (tertiary/aromatic N) is 1. The van der Waals surface area contributed by atoms with Crippen LogP contribution < -0.4 is 0 Å². The summed E-state index contributed by atoms with van der Waals surface area (Å²) in [5.41, 5.74) is 1.52. The van der Waals surface area contributed by atoms with Crippen molar-refractivity contribution in [3.8, 4) is 0 Å². The number of likely N-dealkylation sites (tertiary alicyclic amines) is 1. The third-order valence-electron chi connectivity index (χ3n) is 3.29. The van der Waals surface area contributed by atoms with Crippen LogP contribution in [0.1, 0.15) is 33.6 Å². The van der Waals surface area contributed by atoms with Gasteiger partial charge in [0.1, 0.15) is 0 Å². The number of allylic oxidation sites excluding steroid dienone is 4. The summed E-state index contributed by atoms with van der Waals surface area (Å²) in [5, 5.41) is 0. The molecule has 1 aliphatic rings. The highest BCUT2D eigenvalue weighted by Gasteiger charge is 2.26. The van der Waals surface area contributed by atoms with E-state index in [0.29, 0.717) is 0 Å². The molecule has 0 aromatic carbocycles. The van der Waals surface area contributed by atoms with Crippen molar-refractivity contribution in [3.05, 3.63) is 37.0 Å². The van der Waals surface area contributed by atoms with Crippen LogP contribution in [-0.4, -0.2) is 25.0 Å². The van der Waals surface area contributed by atoms with E-state index in [2.05, 4.69) is 64.1 Å². The van der Waals surface area contributed by atoms with Gasteiger partial charge in [0.15, 0.2) is 0 Å². The van der Waals surface area contributed by atoms with Crippen molar-refractivity contribution in [1.29, 1.82) is 0 Å². The second-order valence-electron chi connectivity index (χ2n) is 5.01. The van der Waals surface area contributed by atoms with E-state index in [1.54, 1.807) is 0 Å². The van der Waals surface area contributed by atoms with E-state index in [0.717, 1.165) is 18.3 Å². The molecular formula is C16H29N. The SMILES string of the molecule is C=C.CC/C=C\C=C(/C)CC1CN(C)C[C@H]1C. The predicted octanol–water partition coefficient (Wildman–Crippen LogP) is 4.29. The maximum absolute atomic E-state index is 3.00. The molecule has 1 rings (SSSR count). The molecule has 0 amide bonds. The van der Waals surface area contributed by atoms with Gasteiger partial charge in [-0.05, 0) is 38.6 Å². The zero-order valence-corrected chi connectivity index (χ0v) is 12.1. The van der Waals surface area contributed by atoms with Gasteiger partial charge in [0.25, 0.3) is 0 Å². The normalized spacial score (nSPS) is 26.0. The lowest BCUT2D eigenvalue weighted by Crippen LogP contribution is -2.14. The van der Waals surface area contributed by atoms with E-state index < -0.39 is 0 Å². The van der Waals surface area contributed by atoms with Gasteiger partial charge in [-0.3, -0.25) is 0 Å². The Morgan fingerprint density at radius 1 is 1.35 bits per heavy atom. The summed E-state index contributed by atoms with van der Waals surface area (Å²) >= 11 is 0. The highest BCUT2D eigenvalue weighted by molar-refractivity contribution is 5.11. The van der Waals surface area contributed by atoms with Gasteiger partial charge < -0.3 is 4.90 Å². The van der Waals surface area contributed by atoms with Crippen molar-refractivity contribution in [2.45, 2.75) is 33.6 Å². The van der Waals surface area contributed by atoms with Crippen LogP contribution in [-0.2, 0) is 0 Å². The molecule has 98 valence electrons. The van der Waals surface area contributed by atoms with Gasteiger partial charge in [-0.2, -0.15) is 0 Å². The quantitative estimate of drug-likeness (QED) is 0.519. The van der Waals surface area contributed by atoms with Gasteiger partial charge in [-0.25, -0.2) is 0 Å². The van der Waals surface area contributed by atoms with Crippen LogP contribution in [0.5, 0.6) is 0 Å². The molecule has 0 saturated carbocycles. The van der Waals surface area contributed by atoms with Crippen LogP contribution in [0, 0.1) is 11.8 Å². The largest absolute Gasteiger partial charge is 0.306 e. The maximum Gasteiger partial charge on any atom is 0.00128 e. The van der Waals surface area contributed by atoms with Crippen LogP contribution in [0.3, 0.4) is 0 Å². The lowest BCUT2D eigenvalue weighted by Gasteiger charge is -2.13. The third-order valence-corrected chi connectivity index (χ3v) is 3.29. The molecule has 0 spiro atoms. The van der Waals surface area contributed by atoms with Gasteiger partial charge in [0.2, 0.25) is 0 Å². The fraction of sp³-hybridized carbons (Fsp3) is 0.625. The molecule has 17 heavy (non-hydrogen) atoms. The summed E-state index contributed by atoms with van der Waals surface area (Å²) in [7, 11) is 2.23.